The summed E-state index contributed by atoms with van der Waals surface area (Å²) in [5.74, 6) is -1.06. The summed E-state index contributed by atoms with van der Waals surface area (Å²) in [6.07, 6.45) is 1.30. The predicted molar refractivity (Wildman–Crippen MR) is 132 cm³/mol. The molecule has 0 aliphatic carbocycles. The van der Waals surface area contributed by atoms with E-state index in [0.717, 1.165) is 6.07 Å². The van der Waals surface area contributed by atoms with E-state index in [1.54, 1.807) is 42.5 Å². The number of methoxy groups -OCH3 is 1. The maximum Gasteiger partial charge on any atom is 0.343 e. The van der Waals surface area contributed by atoms with Crippen molar-refractivity contribution >= 4 is 56.9 Å². The number of carbonyl (C=O) groups excluding carboxylic acids is 2. The van der Waals surface area contributed by atoms with Crippen molar-refractivity contribution in [3.63, 3.8) is 0 Å². The van der Waals surface area contributed by atoms with Gasteiger partial charge in [-0.2, -0.15) is 5.26 Å². The maximum atomic E-state index is 12.6. The Balaban J connectivity index is 1.86. The Labute approximate surface area is 212 Å². The van der Waals surface area contributed by atoms with E-state index in [1.807, 2.05) is 0 Å². The van der Waals surface area contributed by atoms with Crippen molar-refractivity contribution in [3.8, 4) is 17.6 Å². The van der Waals surface area contributed by atoms with Crippen LogP contribution in [0.4, 0.5) is 11.4 Å². The number of amides is 1. The number of nitro benzene ring substituents is 1. The smallest absolute Gasteiger partial charge is 0.343 e. The zero-order valence-corrected chi connectivity index (χ0v) is 20.3. The molecule has 9 nitrogen and oxygen atoms in total. The minimum atomic E-state index is -0.780. The molecule has 0 aromatic heterocycles. The van der Waals surface area contributed by atoms with Gasteiger partial charge in [0.05, 0.1) is 32.8 Å². The standard InChI is InChI=1S/C24H15BrClN3O6/c1-34-21-11-14(10-18(25)22(21)35-24(31)15-5-3-2-4-6-15)9-16(13-27)23(30)28-20-8-7-17(29(32)33)12-19(20)26/h2-12H,1H3,(H,28,30)/b16-9+. The molecule has 0 saturated carbocycles. The molecule has 0 bridgehead atoms. The highest BCUT2D eigenvalue weighted by Gasteiger charge is 2.18. The Morgan fingerprint density at radius 1 is 1.17 bits per heavy atom. The molecule has 0 heterocycles. The fourth-order valence-electron chi connectivity index (χ4n) is 2.87. The van der Waals surface area contributed by atoms with Gasteiger partial charge in [0.15, 0.2) is 11.5 Å². The minimum Gasteiger partial charge on any atom is -0.493 e. The molecule has 0 radical (unpaired) electrons. The lowest BCUT2D eigenvalue weighted by atomic mass is 10.1. The van der Waals surface area contributed by atoms with Crippen LogP contribution in [0.3, 0.4) is 0 Å². The zero-order valence-electron chi connectivity index (χ0n) is 18.0. The topological polar surface area (TPSA) is 132 Å². The third-order valence-corrected chi connectivity index (χ3v) is 5.45. The average molecular weight is 557 g/mol. The monoisotopic (exact) mass is 555 g/mol. The van der Waals surface area contributed by atoms with Crippen LogP contribution in [0, 0.1) is 21.4 Å². The van der Waals surface area contributed by atoms with E-state index in [2.05, 4.69) is 21.2 Å². The van der Waals surface area contributed by atoms with Gasteiger partial charge in [-0.15, -0.1) is 0 Å². The van der Waals surface area contributed by atoms with Gasteiger partial charge in [0.25, 0.3) is 11.6 Å². The third kappa shape index (κ3) is 6.23. The lowest BCUT2D eigenvalue weighted by molar-refractivity contribution is -0.384. The number of non-ortho nitro benzene ring substituents is 1. The molecule has 3 aromatic rings. The first-order valence-corrected chi connectivity index (χ1v) is 10.9. The second-order valence-corrected chi connectivity index (χ2v) is 8.10. The van der Waals surface area contributed by atoms with E-state index in [4.69, 9.17) is 21.1 Å². The molecule has 0 fully saturated rings. The Morgan fingerprint density at radius 3 is 2.49 bits per heavy atom. The fraction of sp³-hybridized carbons (Fsp3) is 0.0417. The van der Waals surface area contributed by atoms with Crippen LogP contribution in [0.15, 0.2) is 70.7 Å². The number of ether oxygens (including phenoxy) is 2. The number of hydrogen-bond donors (Lipinski definition) is 1. The van der Waals surface area contributed by atoms with E-state index in [0.29, 0.717) is 15.6 Å². The Hall–Kier alpha value is -4.20. The van der Waals surface area contributed by atoms with E-state index in [-0.39, 0.29) is 33.5 Å². The quantitative estimate of drug-likeness (QED) is 0.0973. The minimum absolute atomic E-state index is 0.0566. The molecule has 0 unspecified atom stereocenters. The van der Waals surface area contributed by atoms with E-state index in [1.165, 1.54) is 31.4 Å². The maximum absolute atomic E-state index is 12.6. The van der Waals surface area contributed by atoms with Gasteiger partial charge < -0.3 is 14.8 Å². The SMILES string of the molecule is COc1cc(/C=C(\C#N)C(=O)Nc2ccc([N+](=O)[O-])cc2Cl)cc(Br)c1OC(=O)c1ccccc1. The van der Waals surface area contributed by atoms with Crippen molar-refractivity contribution < 1.29 is 24.0 Å². The lowest BCUT2D eigenvalue weighted by Gasteiger charge is -2.12. The van der Waals surface area contributed by atoms with Crippen LogP contribution in [0.2, 0.25) is 5.02 Å². The van der Waals surface area contributed by atoms with Crippen molar-refractivity contribution in [2.24, 2.45) is 0 Å². The first kappa shape index (κ1) is 25.4. The van der Waals surface area contributed by atoms with Crippen LogP contribution < -0.4 is 14.8 Å². The van der Waals surface area contributed by atoms with Crippen molar-refractivity contribution in [1.82, 2.24) is 0 Å². The number of benzene rings is 3. The first-order chi connectivity index (χ1) is 16.7. The van der Waals surface area contributed by atoms with E-state index < -0.39 is 16.8 Å². The largest absolute Gasteiger partial charge is 0.493 e. The highest BCUT2D eigenvalue weighted by molar-refractivity contribution is 9.10. The van der Waals surface area contributed by atoms with Crippen LogP contribution in [0.5, 0.6) is 11.5 Å². The van der Waals surface area contributed by atoms with Crippen molar-refractivity contribution in [2.45, 2.75) is 0 Å². The normalized spacial score (nSPS) is 10.7. The molecule has 3 aromatic carbocycles. The predicted octanol–water partition coefficient (Wildman–Crippen LogP) is 5.78. The van der Waals surface area contributed by atoms with Gasteiger partial charge in [0, 0.05) is 12.1 Å². The van der Waals surface area contributed by atoms with Gasteiger partial charge in [-0.05, 0) is 57.9 Å². The van der Waals surface area contributed by atoms with Gasteiger partial charge in [-0.1, -0.05) is 29.8 Å². The summed E-state index contributed by atoms with van der Waals surface area (Å²) in [4.78, 5) is 35.3. The van der Waals surface area contributed by atoms with Gasteiger partial charge in [-0.25, -0.2) is 4.79 Å². The molecule has 3 rings (SSSR count). The molecule has 11 heteroatoms. The van der Waals surface area contributed by atoms with Crippen molar-refractivity contribution in [2.75, 3.05) is 12.4 Å². The Morgan fingerprint density at radius 2 is 1.89 bits per heavy atom. The van der Waals surface area contributed by atoms with Crippen LogP contribution in [0.25, 0.3) is 6.08 Å². The number of anilines is 1. The molecule has 0 spiro atoms. The molecule has 176 valence electrons. The molecule has 0 aliphatic rings. The number of carbonyl (C=O) groups is 2. The molecular weight excluding hydrogens is 542 g/mol. The summed E-state index contributed by atoms with van der Waals surface area (Å²) in [5, 5.41) is 22.7. The Bertz CT molecular complexity index is 1390. The molecule has 0 saturated heterocycles. The van der Waals surface area contributed by atoms with E-state index in [9.17, 15) is 25.0 Å². The molecule has 0 atom stereocenters. The van der Waals surface area contributed by atoms with Crippen LogP contribution in [-0.2, 0) is 4.79 Å². The highest BCUT2D eigenvalue weighted by atomic mass is 79.9. The van der Waals surface area contributed by atoms with Gasteiger partial charge in [-0.3, -0.25) is 14.9 Å². The summed E-state index contributed by atoms with van der Waals surface area (Å²) in [6, 6.07) is 16.7. The first-order valence-electron chi connectivity index (χ1n) is 9.75. The average Bonchev–Trinajstić information content (AvgIpc) is 2.85. The summed E-state index contributed by atoms with van der Waals surface area (Å²) in [6.45, 7) is 0. The summed E-state index contributed by atoms with van der Waals surface area (Å²) >= 11 is 9.33. The van der Waals surface area contributed by atoms with Crippen molar-refractivity contribution in [1.29, 1.82) is 5.26 Å². The molecular formula is C24H15BrClN3O6. The second-order valence-electron chi connectivity index (χ2n) is 6.83. The van der Waals surface area contributed by atoms with Gasteiger partial charge in [0.1, 0.15) is 11.6 Å². The number of nitrogens with one attached hydrogen (secondary N) is 1. The van der Waals surface area contributed by atoms with Gasteiger partial charge >= 0.3 is 5.97 Å². The number of nitrogens with zero attached hydrogens (tertiary/aromatic N) is 2. The van der Waals surface area contributed by atoms with Crippen LogP contribution in [-0.4, -0.2) is 23.9 Å². The lowest BCUT2D eigenvalue weighted by Crippen LogP contribution is -2.14. The summed E-state index contributed by atoms with van der Waals surface area (Å²) in [7, 11) is 1.38. The summed E-state index contributed by atoms with van der Waals surface area (Å²) in [5.41, 5.74) is 0.329. The van der Waals surface area contributed by atoms with E-state index >= 15 is 0 Å². The van der Waals surface area contributed by atoms with Crippen molar-refractivity contribution in [3.05, 3.63) is 97.0 Å². The second kappa shape index (κ2) is 11.3. The zero-order chi connectivity index (χ0) is 25.5. The summed E-state index contributed by atoms with van der Waals surface area (Å²) < 4.78 is 11.1. The molecule has 1 N–H and O–H groups in total. The number of nitriles is 1. The number of nitro groups is 1. The van der Waals surface area contributed by atoms with Gasteiger partial charge in [0.2, 0.25) is 0 Å². The molecule has 1 amide bonds. The number of esters is 1. The third-order valence-electron chi connectivity index (χ3n) is 4.54. The number of hydrogen-bond acceptors (Lipinski definition) is 7. The molecule has 35 heavy (non-hydrogen) atoms. The Kier molecular flexibility index (Phi) is 8.20. The van der Waals surface area contributed by atoms with Crippen LogP contribution in [0.1, 0.15) is 15.9 Å². The number of rotatable bonds is 7. The fourth-order valence-corrected chi connectivity index (χ4v) is 3.63. The molecule has 0 aliphatic heterocycles. The number of halogens is 2. The highest BCUT2D eigenvalue weighted by Crippen LogP contribution is 2.38. The van der Waals surface area contributed by atoms with Crippen LogP contribution >= 0.6 is 27.5 Å².